The first kappa shape index (κ1) is 20.7. The Labute approximate surface area is 177 Å². The molecular weight excluding hydrogens is 382 g/mol. The van der Waals surface area contributed by atoms with Gasteiger partial charge in [-0.15, -0.1) is 0 Å². The second-order valence-corrected chi connectivity index (χ2v) is 8.88. The number of hydrogen-bond acceptors (Lipinski definition) is 4. The molecule has 3 aliphatic rings. The van der Waals surface area contributed by atoms with Gasteiger partial charge in [0.1, 0.15) is 5.75 Å². The first-order valence-corrected chi connectivity index (χ1v) is 10.9. The highest BCUT2D eigenvalue weighted by atomic mass is 16.5. The minimum absolute atomic E-state index is 0.00824. The average Bonchev–Trinajstić information content (AvgIpc) is 3.46. The van der Waals surface area contributed by atoms with E-state index >= 15 is 0 Å². The fourth-order valence-corrected chi connectivity index (χ4v) is 5.27. The molecule has 3 heterocycles. The van der Waals surface area contributed by atoms with E-state index < -0.39 is 5.41 Å². The maximum absolute atomic E-state index is 13.5. The van der Waals surface area contributed by atoms with Crippen molar-refractivity contribution in [1.29, 1.82) is 0 Å². The third-order valence-corrected chi connectivity index (χ3v) is 6.99. The molecule has 0 aromatic heterocycles. The Bertz CT molecular complexity index is 835. The summed E-state index contributed by atoms with van der Waals surface area (Å²) in [5.41, 5.74) is 0.425. The number of carbonyl (C=O) groups excluding carboxylic acids is 3. The van der Waals surface area contributed by atoms with Crippen molar-refractivity contribution in [1.82, 2.24) is 14.7 Å². The van der Waals surface area contributed by atoms with Crippen LogP contribution in [0.4, 0.5) is 0 Å². The van der Waals surface area contributed by atoms with Crippen LogP contribution in [0.5, 0.6) is 5.75 Å². The Morgan fingerprint density at radius 1 is 1.07 bits per heavy atom. The van der Waals surface area contributed by atoms with E-state index in [9.17, 15) is 14.4 Å². The number of fused-ring (bicyclic) bond motifs is 1. The Morgan fingerprint density at radius 3 is 2.47 bits per heavy atom. The van der Waals surface area contributed by atoms with Crippen molar-refractivity contribution in [3.63, 3.8) is 0 Å². The zero-order valence-electron chi connectivity index (χ0n) is 17.9. The Balaban J connectivity index is 1.45. The number of methoxy groups -OCH3 is 1. The van der Waals surface area contributed by atoms with E-state index in [1.807, 2.05) is 34.1 Å². The summed E-state index contributed by atoms with van der Waals surface area (Å²) in [6.45, 7) is 5.12. The lowest BCUT2D eigenvalue weighted by atomic mass is 9.79. The average molecular weight is 414 g/mol. The summed E-state index contributed by atoms with van der Waals surface area (Å²) in [4.78, 5) is 44.1. The standard InChI is InChI=1S/C23H31N3O4/c1-17(27)25-13-19-14-26(16-23(19,15-25)22(29)24-10-3-4-11-24)21(28)9-8-18-6-5-7-20(12-18)30-2/h5-7,12,19H,3-4,8-11,13-16H2,1-2H3/t19-,23-/m0/s1. The minimum Gasteiger partial charge on any atom is -0.497 e. The molecule has 0 N–H and O–H groups in total. The second kappa shape index (κ2) is 8.28. The first-order valence-electron chi connectivity index (χ1n) is 10.9. The number of nitrogens with zero attached hydrogens (tertiary/aromatic N) is 3. The smallest absolute Gasteiger partial charge is 0.232 e. The van der Waals surface area contributed by atoms with Crippen molar-refractivity contribution < 1.29 is 19.1 Å². The Hall–Kier alpha value is -2.57. The first-order chi connectivity index (χ1) is 14.4. The third-order valence-electron chi connectivity index (χ3n) is 6.99. The molecule has 4 rings (SSSR count). The van der Waals surface area contributed by atoms with Crippen LogP contribution in [-0.4, -0.2) is 78.8 Å². The molecule has 3 fully saturated rings. The Kier molecular flexibility index (Phi) is 5.71. The van der Waals surface area contributed by atoms with Gasteiger partial charge in [0.25, 0.3) is 0 Å². The molecule has 0 saturated carbocycles. The van der Waals surface area contributed by atoms with E-state index in [0.29, 0.717) is 39.0 Å². The molecule has 0 bridgehead atoms. The van der Waals surface area contributed by atoms with Crippen molar-refractivity contribution in [3.05, 3.63) is 29.8 Å². The van der Waals surface area contributed by atoms with E-state index in [1.54, 1.807) is 18.9 Å². The van der Waals surface area contributed by atoms with Crippen LogP contribution in [0.1, 0.15) is 31.7 Å². The van der Waals surface area contributed by atoms with Crippen molar-refractivity contribution in [3.8, 4) is 5.75 Å². The maximum atomic E-state index is 13.5. The van der Waals surface area contributed by atoms with Crippen molar-refractivity contribution in [2.75, 3.05) is 46.4 Å². The summed E-state index contributed by atoms with van der Waals surface area (Å²) in [7, 11) is 1.63. The zero-order chi connectivity index (χ0) is 21.3. The lowest BCUT2D eigenvalue weighted by Gasteiger charge is -2.32. The third kappa shape index (κ3) is 3.77. The van der Waals surface area contributed by atoms with Gasteiger partial charge in [0.15, 0.2) is 0 Å². The highest BCUT2D eigenvalue weighted by molar-refractivity contribution is 5.88. The highest BCUT2D eigenvalue weighted by Gasteiger charge is 2.59. The number of ether oxygens (including phenoxy) is 1. The number of hydrogen-bond donors (Lipinski definition) is 0. The molecule has 30 heavy (non-hydrogen) atoms. The molecule has 1 aromatic carbocycles. The number of rotatable bonds is 5. The molecule has 0 radical (unpaired) electrons. The van der Waals surface area contributed by atoms with E-state index in [1.165, 1.54) is 0 Å². The molecule has 3 aliphatic heterocycles. The summed E-state index contributed by atoms with van der Waals surface area (Å²) in [5.74, 6) is 1.03. The molecular formula is C23H31N3O4. The summed E-state index contributed by atoms with van der Waals surface area (Å²) >= 11 is 0. The van der Waals surface area contributed by atoms with Crippen LogP contribution < -0.4 is 4.74 Å². The predicted octanol–water partition coefficient (Wildman–Crippen LogP) is 1.56. The number of carbonyl (C=O) groups is 3. The quantitative estimate of drug-likeness (QED) is 0.735. The summed E-state index contributed by atoms with van der Waals surface area (Å²) in [5, 5.41) is 0. The van der Waals surface area contributed by atoms with E-state index in [2.05, 4.69) is 0 Å². The Morgan fingerprint density at radius 2 is 1.77 bits per heavy atom. The molecule has 2 atom stereocenters. The summed E-state index contributed by atoms with van der Waals surface area (Å²) < 4.78 is 5.26. The maximum Gasteiger partial charge on any atom is 0.232 e. The monoisotopic (exact) mass is 413 g/mol. The molecule has 0 unspecified atom stereocenters. The topological polar surface area (TPSA) is 70.2 Å². The fourth-order valence-electron chi connectivity index (χ4n) is 5.27. The number of benzene rings is 1. The molecule has 1 aromatic rings. The largest absolute Gasteiger partial charge is 0.497 e. The van der Waals surface area contributed by atoms with Gasteiger partial charge >= 0.3 is 0 Å². The van der Waals surface area contributed by atoms with Crippen LogP contribution >= 0.6 is 0 Å². The normalized spacial score (nSPS) is 25.5. The van der Waals surface area contributed by atoms with Crippen molar-refractivity contribution in [2.24, 2.45) is 11.3 Å². The summed E-state index contributed by atoms with van der Waals surface area (Å²) in [6.07, 6.45) is 3.12. The highest BCUT2D eigenvalue weighted by Crippen LogP contribution is 2.44. The lowest BCUT2D eigenvalue weighted by Crippen LogP contribution is -2.49. The molecule has 0 spiro atoms. The van der Waals surface area contributed by atoms with Gasteiger partial charge < -0.3 is 19.4 Å². The van der Waals surface area contributed by atoms with Gasteiger partial charge in [0, 0.05) is 58.5 Å². The van der Waals surface area contributed by atoms with Crippen LogP contribution in [0, 0.1) is 11.3 Å². The second-order valence-electron chi connectivity index (χ2n) is 8.88. The van der Waals surface area contributed by atoms with Crippen LogP contribution in [-0.2, 0) is 20.8 Å². The molecule has 7 nitrogen and oxygen atoms in total. The van der Waals surface area contributed by atoms with Gasteiger partial charge in [-0.3, -0.25) is 14.4 Å². The number of aryl methyl sites for hydroxylation is 1. The van der Waals surface area contributed by atoms with Crippen molar-refractivity contribution in [2.45, 2.75) is 32.6 Å². The molecule has 0 aliphatic carbocycles. The van der Waals surface area contributed by atoms with Crippen molar-refractivity contribution >= 4 is 17.7 Å². The fraction of sp³-hybridized carbons (Fsp3) is 0.609. The summed E-state index contributed by atoms with van der Waals surface area (Å²) in [6, 6.07) is 7.77. The zero-order valence-corrected chi connectivity index (χ0v) is 17.9. The molecule has 7 heteroatoms. The molecule has 3 amide bonds. The predicted molar refractivity (Wildman–Crippen MR) is 112 cm³/mol. The minimum atomic E-state index is -0.637. The lowest BCUT2D eigenvalue weighted by molar-refractivity contribution is -0.142. The van der Waals surface area contributed by atoms with Gasteiger partial charge in [0.05, 0.1) is 12.5 Å². The van der Waals surface area contributed by atoms with Gasteiger partial charge in [-0.2, -0.15) is 0 Å². The van der Waals surface area contributed by atoms with Gasteiger partial charge in [-0.25, -0.2) is 0 Å². The van der Waals surface area contributed by atoms with E-state index in [-0.39, 0.29) is 23.6 Å². The van der Waals surface area contributed by atoms with Gasteiger partial charge in [0.2, 0.25) is 17.7 Å². The molecule has 162 valence electrons. The van der Waals surface area contributed by atoms with Gasteiger partial charge in [-0.1, -0.05) is 12.1 Å². The van der Waals surface area contributed by atoms with Crippen LogP contribution in [0.15, 0.2) is 24.3 Å². The SMILES string of the molecule is COc1cccc(CCC(=O)N2C[C@@H]3CN(C(C)=O)C[C@]3(C(=O)N3CCCC3)C2)c1. The van der Waals surface area contributed by atoms with E-state index in [0.717, 1.165) is 37.2 Å². The van der Waals surface area contributed by atoms with Crippen LogP contribution in [0.2, 0.25) is 0 Å². The number of amides is 3. The number of likely N-dealkylation sites (tertiary alicyclic amines) is 3. The van der Waals surface area contributed by atoms with Crippen LogP contribution in [0.25, 0.3) is 0 Å². The molecule has 3 saturated heterocycles. The van der Waals surface area contributed by atoms with E-state index in [4.69, 9.17) is 4.74 Å². The van der Waals surface area contributed by atoms with Crippen LogP contribution in [0.3, 0.4) is 0 Å². The van der Waals surface area contributed by atoms with Gasteiger partial charge in [-0.05, 0) is 37.0 Å².